The topological polar surface area (TPSA) is 39.7 Å². The van der Waals surface area contributed by atoms with Gasteiger partial charge in [0, 0.05) is 11.8 Å². The molecule has 3 rings (SSSR count). The lowest BCUT2D eigenvalue weighted by molar-refractivity contribution is 0.217. The van der Waals surface area contributed by atoms with Crippen molar-refractivity contribution in [2.75, 3.05) is 25.1 Å². The number of ether oxygens (including phenoxy) is 3. The molecule has 0 radical (unpaired) electrons. The van der Waals surface area contributed by atoms with Crippen LogP contribution in [0.2, 0.25) is 0 Å². The van der Waals surface area contributed by atoms with Crippen LogP contribution in [0.25, 0.3) is 0 Å². The molecule has 158 valence electrons. The zero-order chi connectivity index (χ0) is 21.2. The van der Waals surface area contributed by atoms with E-state index >= 15 is 0 Å². The highest BCUT2D eigenvalue weighted by molar-refractivity contribution is 5.48. The van der Waals surface area contributed by atoms with Crippen molar-refractivity contribution in [1.82, 2.24) is 0 Å². The number of anilines is 1. The maximum Gasteiger partial charge on any atom is 0.122 e. The van der Waals surface area contributed by atoms with Crippen LogP contribution >= 0.6 is 0 Å². The number of hydrogen-bond acceptors (Lipinski definition) is 4. The van der Waals surface area contributed by atoms with Crippen LogP contribution < -0.4 is 19.5 Å². The maximum atomic E-state index is 6.01. The Morgan fingerprint density at radius 2 is 1.37 bits per heavy atom. The summed E-state index contributed by atoms with van der Waals surface area (Å²) in [7, 11) is 0. The Balaban J connectivity index is 1.40. The first-order chi connectivity index (χ1) is 14.6. The predicted octanol–water partition coefficient (Wildman–Crippen LogP) is 6.15. The number of benzene rings is 3. The first-order valence-corrected chi connectivity index (χ1v) is 10.5. The van der Waals surface area contributed by atoms with Gasteiger partial charge >= 0.3 is 0 Å². The molecule has 0 fully saturated rings. The van der Waals surface area contributed by atoms with Crippen LogP contribution in [0.4, 0.5) is 5.69 Å². The van der Waals surface area contributed by atoms with Crippen molar-refractivity contribution in [1.29, 1.82) is 0 Å². The van der Waals surface area contributed by atoms with Crippen LogP contribution in [0.15, 0.2) is 78.9 Å². The monoisotopic (exact) mass is 405 g/mol. The van der Waals surface area contributed by atoms with E-state index in [0.717, 1.165) is 22.9 Å². The minimum Gasteiger partial charge on any atom is -0.490 e. The van der Waals surface area contributed by atoms with E-state index in [1.807, 2.05) is 66.7 Å². The third-order valence-corrected chi connectivity index (χ3v) is 4.68. The summed E-state index contributed by atoms with van der Waals surface area (Å²) in [6.45, 7) is 8.14. The Labute approximate surface area is 179 Å². The molecule has 0 saturated heterocycles. The second kappa shape index (κ2) is 11.1. The van der Waals surface area contributed by atoms with E-state index in [0.29, 0.717) is 25.7 Å². The Kier molecular flexibility index (Phi) is 8.02. The molecule has 4 nitrogen and oxygen atoms in total. The number of para-hydroxylation sites is 1. The molecule has 1 N–H and O–H groups in total. The molecule has 0 saturated carbocycles. The van der Waals surface area contributed by atoms with Gasteiger partial charge in [0.05, 0.1) is 6.54 Å². The molecule has 0 spiro atoms. The van der Waals surface area contributed by atoms with Gasteiger partial charge in [-0.05, 0) is 54.8 Å². The summed E-state index contributed by atoms with van der Waals surface area (Å²) in [6.07, 6.45) is 0.0405. The summed E-state index contributed by atoms with van der Waals surface area (Å²) in [5.41, 5.74) is 2.32. The summed E-state index contributed by atoms with van der Waals surface area (Å²) >= 11 is 0. The van der Waals surface area contributed by atoms with Gasteiger partial charge in [-0.1, -0.05) is 50.2 Å². The smallest absolute Gasteiger partial charge is 0.122 e. The van der Waals surface area contributed by atoms with Gasteiger partial charge in [-0.3, -0.25) is 0 Å². The second-order valence-corrected chi connectivity index (χ2v) is 7.57. The lowest BCUT2D eigenvalue weighted by atomic mass is 10.0. The molecule has 0 aliphatic heterocycles. The first kappa shape index (κ1) is 21.6. The van der Waals surface area contributed by atoms with Crippen molar-refractivity contribution in [2.24, 2.45) is 0 Å². The molecule has 1 atom stereocenters. The van der Waals surface area contributed by atoms with Crippen LogP contribution in [0.3, 0.4) is 0 Å². The molecule has 3 aromatic carbocycles. The van der Waals surface area contributed by atoms with E-state index in [1.165, 1.54) is 5.56 Å². The van der Waals surface area contributed by atoms with Crippen molar-refractivity contribution in [3.8, 4) is 17.2 Å². The normalized spacial score (nSPS) is 11.7. The Morgan fingerprint density at radius 3 is 2.07 bits per heavy atom. The zero-order valence-electron chi connectivity index (χ0n) is 18.0. The fourth-order valence-corrected chi connectivity index (χ4v) is 3.00. The quantitative estimate of drug-likeness (QED) is 0.389. The molecular weight excluding hydrogens is 374 g/mol. The Hall–Kier alpha value is -3.14. The lowest BCUT2D eigenvalue weighted by Crippen LogP contribution is -2.22. The third-order valence-electron chi connectivity index (χ3n) is 4.68. The van der Waals surface area contributed by atoms with Gasteiger partial charge in [0.15, 0.2) is 0 Å². The minimum absolute atomic E-state index is 0.0405. The average molecular weight is 406 g/mol. The van der Waals surface area contributed by atoms with Gasteiger partial charge in [-0.25, -0.2) is 0 Å². The summed E-state index contributed by atoms with van der Waals surface area (Å²) in [5.74, 6) is 3.08. The van der Waals surface area contributed by atoms with E-state index in [4.69, 9.17) is 14.2 Å². The maximum absolute atomic E-state index is 6.01. The molecule has 0 aliphatic carbocycles. The summed E-state index contributed by atoms with van der Waals surface area (Å²) in [4.78, 5) is 0. The predicted molar refractivity (Wildman–Crippen MR) is 123 cm³/mol. The molecule has 0 heterocycles. The zero-order valence-corrected chi connectivity index (χ0v) is 18.0. The van der Waals surface area contributed by atoms with E-state index in [9.17, 15) is 0 Å². The van der Waals surface area contributed by atoms with Crippen LogP contribution in [-0.2, 0) is 0 Å². The van der Waals surface area contributed by atoms with Crippen LogP contribution in [-0.4, -0.2) is 25.9 Å². The van der Waals surface area contributed by atoms with E-state index in [-0.39, 0.29) is 6.10 Å². The molecule has 0 amide bonds. The van der Waals surface area contributed by atoms with E-state index in [2.05, 4.69) is 38.2 Å². The lowest BCUT2D eigenvalue weighted by Gasteiger charge is -2.17. The second-order valence-electron chi connectivity index (χ2n) is 7.57. The van der Waals surface area contributed by atoms with E-state index < -0.39 is 0 Å². The minimum atomic E-state index is 0.0405. The van der Waals surface area contributed by atoms with Gasteiger partial charge in [0.25, 0.3) is 0 Å². The number of nitrogens with one attached hydrogen (secondary N) is 1. The SMILES string of the molecule is CC(CNc1cccc(OCCOc2ccccc2)c1)Oc1ccc(C(C)C)cc1. The Morgan fingerprint density at radius 1 is 0.700 bits per heavy atom. The molecule has 0 bridgehead atoms. The third kappa shape index (κ3) is 7.03. The fourth-order valence-electron chi connectivity index (χ4n) is 3.00. The summed E-state index contributed by atoms with van der Waals surface area (Å²) in [5, 5.41) is 3.41. The van der Waals surface area contributed by atoms with Gasteiger partial charge in [-0.2, -0.15) is 0 Å². The van der Waals surface area contributed by atoms with Gasteiger partial charge in [0.1, 0.15) is 36.6 Å². The highest BCUT2D eigenvalue weighted by Crippen LogP contribution is 2.20. The fraction of sp³-hybridized carbons (Fsp3) is 0.308. The number of hydrogen-bond donors (Lipinski definition) is 1. The highest BCUT2D eigenvalue weighted by atomic mass is 16.5. The van der Waals surface area contributed by atoms with Gasteiger partial charge in [0.2, 0.25) is 0 Å². The van der Waals surface area contributed by atoms with Crippen LogP contribution in [0.1, 0.15) is 32.3 Å². The van der Waals surface area contributed by atoms with Gasteiger partial charge < -0.3 is 19.5 Å². The van der Waals surface area contributed by atoms with Crippen molar-refractivity contribution >= 4 is 5.69 Å². The molecular formula is C26H31NO3. The highest BCUT2D eigenvalue weighted by Gasteiger charge is 2.06. The molecule has 0 aromatic heterocycles. The molecule has 3 aromatic rings. The van der Waals surface area contributed by atoms with Crippen LogP contribution in [0, 0.1) is 0 Å². The largest absolute Gasteiger partial charge is 0.490 e. The van der Waals surface area contributed by atoms with Gasteiger partial charge in [-0.15, -0.1) is 0 Å². The van der Waals surface area contributed by atoms with Crippen LogP contribution in [0.5, 0.6) is 17.2 Å². The summed E-state index contributed by atoms with van der Waals surface area (Å²) < 4.78 is 17.5. The van der Waals surface area contributed by atoms with Crippen molar-refractivity contribution in [3.63, 3.8) is 0 Å². The van der Waals surface area contributed by atoms with Crippen molar-refractivity contribution in [3.05, 3.63) is 84.4 Å². The first-order valence-electron chi connectivity index (χ1n) is 10.5. The molecule has 0 aliphatic rings. The standard InChI is InChI=1S/C26H31NO3/c1-20(2)22-12-14-25(15-13-22)30-21(3)19-27-23-8-7-11-26(18-23)29-17-16-28-24-9-5-4-6-10-24/h4-15,18,20-21,27H,16-17,19H2,1-3H3. The Bertz CT molecular complexity index is 878. The average Bonchev–Trinajstić information content (AvgIpc) is 2.77. The van der Waals surface area contributed by atoms with Crippen molar-refractivity contribution in [2.45, 2.75) is 32.8 Å². The molecule has 30 heavy (non-hydrogen) atoms. The molecule has 1 unspecified atom stereocenters. The van der Waals surface area contributed by atoms with Crippen molar-refractivity contribution < 1.29 is 14.2 Å². The summed E-state index contributed by atoms with van der Waals surface area (Å²) in [6, 6.07) is 26.0. The van der Waals surface area contributed by atoms with E-state index in [1.54, 1.807) is 0 Å². The molecule has 4 heteroatoms. The number of rotatable bonds is 11.